The molecule has 1 aliphatic heterocycles. The molecule has 168 valence electrons. The highest BCUT2D eigenvalue weighted by atomic mass is 19.4. The molecule has 1 aliphatic rings. The lowest BCUT2D eigenvalue weighted by atomic mass is 9.91. The molecule has 0 radical (unpaired) electrons. The maximum absolute atomic E-state index is 13.8. The lowest BCUT2D eigenvalue weighted by molar-refractivity contribution is -0.234. The number of aliphatic hydroxyl groups is 4. The number of hydrogen-bond donors (Lipinski definition) is 5. The largest absolute Gasteiger partial charge is 0.416 e. The minimum atomic E-state index is -4.88. The van der Waals surface area contributed by atoms with Gasteiger partial charge in [-0.2, -0.15) is 13.2 Å². The Morgan fingerprint density at radius 1 is 1.03 bits per heavy atom. The summed E-state index contributed by atoms with van der Waals surface area (Å²) in [5.41, 5.74) is -0.144. The maximum Gasteiger partial charge on any atom is 0.416 e. The molecule has 1 amide bonds. The summed E-state index contributed by atoms with van der Waals surface area (Å²) >= 11 is 0. The van der Waals surface area contributed by atoms with Crippen molar-refractivity contribution >= 4 is 5.91 Å². The molecule has 0 saturated heterocycles. The number of carbonyl (C=O) groups is 1. The molecule has 0 spiro atoms. The first-order valence-corrected chi connectivity index (χ1v) is 9.49. The summed E-state index contributed by atoms with van der Waals surface area (Å²) in [4.78, 5) is 12.1. The van der Waals surface area contributed by atoms with Crippen LogP contribution in [0.15, 0.2) is 36.4 Å². The summed E-state index contributed by atoms with van der Waals surface area (Å²) in [7, 11) is 0. The van der Waals surface area contributed by atoms with Crippen LogP contribution in [0.3, 0.4) is 0 Å². The van der Waals surface area contributed by atoms with Gasteiger partial charge in [0.25, 0.3) is 5.91 Å². The minimum Gasteiger partial charge on any atom is -0.385 e. The molecule has 0 saturated carbocycles. The number of hydrogen-bond acceptors (Lipinski definition) is 6. The first kappa shape index (κ1) is 23.2. The fraction of sp³-hybridized carbons (Fsp3) is 0.381. The summed E-state index contributed by atoms with van der Waals surface area (Å²) in [6.07, 6.45) is -12.2. The van der Waals surface area contributed by atoms with Crippen molar-refractivity contribution in [3.8, 4) is 11.1 Å². The highest BCUT2D eigenvalue weighted by Crippen LogP contribution is 2.39. The summed E-state index contributed by atoms with van der Waals surface area (Å²) in [5, 5.41) is 41.2. The standard InChI is InChI=1S/C21H22F3NO6/c1-10(26)31-18(20(29)30)17(27)14-5-4-13(9-16(14)21(22,23)24)12-3-2-11-6-7-25-19(28)15(11)8-12/h2-5,8-10,17-18,20,26-27,29-30H,6-7H2,1H3,(H,25,28). The number of carbonyl (C=O) groups excluding carboxylic acids is 1. The van der Waals surface area contributed by atoms with Crippen molar-refractivity contribution in [2.24, 2.45) is 0 Å². The second kappa shape index (κ2) is 8.93. The van der Waals surface area contributed by atoms with Gasteiger partial charge in [-0.05, 0) is 47.7 Å². The van der Waals surface area contributed by atoms with Crippen LogP contribution in [0.5, 0.6) is 0 Å². The Morgan fingerprint density at radius 2 is 1.68 bits per heavy atom. The molecule has 3 atom stereocenters. The Bertz CT molecular complexity index is 961. The van der Waals surface area contributed by atoms with Crippen LogP contribution in [-0.2, 0) is 17.3 Å². The molecule has 2 aromatic rings. The Morgan fingerprint density at radius 3 is 2.29 bits per heavy atom. The van der Waals surface area contributed by atoms with E-state index in [1.807, 2.05) is 0 Å². The predicted molar refractivity (Wildman–Crippen MR) is 103 cm³/mol. The average Bonchev–Trinajstić information content (AvgIpc) is 2.70. The van der Waals surface area contributed by atoms with Gasteiger partial charge < -0.3 is 30.5 Å². The quantitative estimate of drug-likeness (QED) is 0.436. The van der Waals surface area contributed by atoms with Gasteiger partial charge in [0.2, 0.25) is 0 Å². The van der Waals surface area contributed by atoms with Crippen LogP contribution in [-0.4, -0.2) is 51.6 Å². The third-order valence-corrected chi connectivity index (χ3v) is 5.00. The number of alkyl halides is 3. The predicted octanol–water partition coefficient (Wildman–Crippen LogP) is 1.73. The smallest absolute Gasteiger partial charge is 0.385 e. The lowest BCUT2D eigenvalue weighted by Gasteiger charge is -2.28. The molecule has 0 fully saturated rings. The van der Waals surface area contributed by atoms with E-state index in [9.17, 15) is 38.4 Å². The number of ether oxygens (including phenoxy) is 1. The first-order chi connectivity index (χ1) is 14.5. The summed E-state index contributed by atoms with van der Waals surface area (Å²) in [6.45, 7) is 1.60. The molecular formula is C21H22F3NO6. The van der Waals surface area contributed by atoms with Crippen molar-refractivity contribution in [1.29, 1.82) is 0 Å². The van der Waals surface area contributed by atoms with Gasteiger partial charge in [-0.25, -0.2) is 0 Å². The summed E-state index contributed by atoms with van der Waals surface area (Å²) in [5.74, 6) is -0.304. The molecule has 1 heterocycles. The normalized spacial score (nSPS) is 17.1. The minimum absolute atomic E-state index is 0.155. The average molecular weight is 441 g/mol. The van der Waals surface area contributed by atoms with Gasteiger partial charge in [-0.1, -0.05) is 24.3 Å². The second-order valence-electron chi connectivity index (χ2n) is 7.24. The molecule has 31 heavy (non-hydrogen) atoms. The third-order valence-electron chi connectivity index (χ3n) is 5.00. The van der Waals surface area contributed by atoms with E-state index in [1.54, 1.807) is 12.1 Å². The Kier molecular flexibility index (Phi) is 6.68. The molecule has 0 aliphatic carbocycles. The van der Waals surface area contributed by atoms with E-state index in [0.29, 0.717) is 24.1 Å². The summed E-state index contributed by atoms with van der Waals surface area (Å²) < 4.78 is 46.1. The Balaban J connectivity index is 2.05. The van der Waals surface area contributed by atoms with E-state index >= 15 is 0 Å². The zero-order valence-electron chi connectivity index (χ0n) is 16.4. The monoisotopic (exact) mass is 441 g/mol. The summed E-state index contributed by atoms with van der Waals surface area (Å²) in [6, 6.07) is 7.94. The van der Waals surface area contributed by atoms with E-state index in [-0.39, 0.29) is 11.5 Å². The SMILES string of the molecule is CC(O)OC(C(O)O)C(O)c1ccc(-c2ccc3c(c2)C(=O)NCC3)cc1C(F)(F)F. The fourth-order valence-electron chi connectivity index (χ4n) is 3.54. The van der Waals surface area contributed by atoms with Crippen molar-refractivity contribution in [2.75, 3.05) is 6.54 Å². The van der Waals surface area contributed by atoms with Crippen LogP contribution in [0.1, 0.15) is 40.1 Å². The van der Waals surface area contributed by atoms with Crippen molar-refractivity contribution in [2.45, 2.75) is 44.3 Å². The molecule has 7 nitrogen and oxygen atoms in total. The van der Waals surface area contributed by atoms with Gasteiger partial charge in [0, 0.05) is 12.1 Å². The van der Waals surface area contributed by atoms with E-state index in [1.165, 1.54) is 12.1 Å². The van der Waals surface area contributed by atoms with E-state index in [0.717, 1.165) is 24.6 Å². The molecule has 10 heteroatoms. The fourth-order valence-corrected chi connectivity index (χ4v) is 3.54. The number of benzene rings is 2. The number of fused-ring (bicyclic) bond motifs is 1. The molecule has 3 unspecified atom stereocenters. The van der Waals surface area contributed by atoms with Gasteiger partial charge in [-0.15, -0.1) is 0 Å². The Hall–Kier alpha value is -2.50. The van der Waals surface area contributed by atoms with Gasteiger partial charge in [0.15, 0.2) is 12.6 Å². The molecule has 0 bridgehead atoms. The zero-order valence-corrected chi connectivity index (χ0v) is 16.4. The molecule has 3 rings (SSSR count). The zero-order chi connectivity index (χ0) is 22.9. The van der Waals surface area contributed by atoms with Gasteiger partial charge in [0.05, 0.1) is 5.56 Å². The number of nitrogens with one attached hydrogen (secondary N) is 1. The van der Waals surface area contributed by atoms with Crippen LogP contribution < -0.4 is 5.32 Å². The molecule has 0 aromatic heterocycles. The number of aliphatic hydroxyl groups excluding tert-OH is 3. The van der Waals surface area contributed by atoms with Crippen LogP contribution in [0, 0.1) is 0 Å². The highest BCUT2D eigenvalue weighted by molar-refractivity contribution is 5.98. The van der Waals surface area contributed by atoms with Crippen molar-refractivity contribution in [3.63, 3.8) is 0 Å². The van der Waals surface area contributed by atoms with Crippen LogP contribution in [0.4, 0.5) is 13.2 Å². The van der Waals surface area contributed by atoms with Crippen LogP contribution in [0.2, 0.25) is 0 Å². The lowest BCUT2D eigenvalue weighted by Crippen LogP contribution is -2.38. The molecular weight excluding hydrogens is 419 g/mol. The Labute approximate surface area is 175 Å². The van der Waals surface area contributed by atoms with Crippen molar-refractivity contribution < 1.29 is 43.1 Å². The van der Waals surface area contributed by atoms with Crippen molar-refractivity contribution in [3.05, 3.63) is 58.7 Å². The molecule has 5 N–H and O–H groups in total. The van der Waals surface area contributed by atoms with E-state index in [4.69, 9.17) is 4.74 Å². The van der Waals surface area contributed by atoms with Crippen LogP contribution in [0.25, 0.3) is 11.1 Å². The number of rotatable bonds is 6. The molecule has 2 aromatic carbocycles. The number of amides is 1. The third kappa shape index (κ3) is 5.05. The highest BCUT2D eigenvalue weighted by Gasteiger charge is 2.39. The maximum atomic E-state index is 13.8. The van der Waals surface area contributed by atoms with Crippen LogP contribution >= 0.6 is 0 Å². The topological polar surface area (TPSA) is 119 Å². The number of halogens is 3. The second-order valence-corrected chi connectivity index (χ2v) is 7.24. The van der Waals surface area contributed by atoms with E-state index < -0.39 is 42.1 Å². The van der Waals surface area contributed by atoms with Gasteiger partial charge in [0.1, 0.15) is 12.2 Å². The first-order valence-electron chi connectivity index (χ1n) is 9.49. The van der Waals surface area contributed by atoms with Gasteiger partial charge in [-0.3, -0.25) is 4.79 Å². The van der Waals surface area contributed by atoms with Gasteiger partial charge >= 0.3 is 6.18 Å². The van der Waals surface area contributed by atoms with Crippen molar-refractivity contribution in [1.82, 2.24) is 5.32 Å². The van der Waals surface area contributed by atoms with E-state index in [2.05, 4.69) is 5.32 Å².